The van der Waals surface area contributed by atoms with Crippen LogP contribution >= 0.6 is 23.4 Å². The molecule has 25 heavy (non-hydrogen) atoms. The van der Waals surface area contributed by atoms with Crippen LogP contribution in [0.5, 0.6) is 5.75 Å². The van der Waals surface area contributed by atoms with Gasteiger partial charge in [0.2, 0.25) is 0 Å². The van der Waals surface area contributed by atoms with Crippen molar-refractivity contribution in [3.63, 3.8) is 0 Å². The van der Waals surface area contributed by atoms with E-state index in [4.69, 9.17) is 16.3 Å². The lowest BCUT2D eigenvalue weighted by Gasteiger charge is -2.22. The SMILES string of the molecule is COc1cc(-c2nc(SC)[nH]c(=O)c2C#N)c(Cl)cc1N1CCCC1. The molecule has 1 aliphatic rings. The second kappa shape index (κ2) is 7.38. The average Bonchev–Trinajstić information content (AvgIpc) is 3.15. The molecule has 1 aromatic heterocycles. The summed E-state index contributed by atoms with van der Waals surface area (Å²) in [5, 5.41) is 10.2. The molecular weight excluding hydrogens is 360 g/mol. The van der Waals surface area contributed by atoms with E-state index in [2.05, 4.69) is 14.9 Å². The summed E-state index contributed by atoms with van der Waals surface area (Å²) in [6.07, 6.45) is 4.06. The largest absolute Gasteiger partial charge is 0.495 e. The highest BCUT2D eigenvalue weighted by atomic mass is 35.5. The second-order valence-corrected chi connectivity index (χ2v) is 6.81. The lowest BCUT2D eigenvalue weighted by Crippen LogP contribution is -2.18. The summed E-state index contributed by atoms with van der Waals surface area (Å²) < 4.78 is 5.53. The quantitative estimate of drug-likeness (QED) is 0.651. The molecule has 1 aliphatic heterocycles. The maximum atomic E-state index is 12.2. The number of aromatic amines is 1. The van der Waals surface area contributed by atoms with Crippen molar-refractivity contribution >= 4 is 29.1 Å². The van der Waals surface area contributed by atoms with Crippen LogP contribution in [0.4, 0.5) is 5.69 Å². The summed E-state index contributed by atoms with van der Waals surface area (Å²) in [6, 6.07) is 5.50. The number of rotatable bonds is 4. The van der Waals surface area contributed by atoms with Gasteiger partial charge in [-0.2, -0.15) is 5.26 Å². The molecule has 0 aliphatic carbocycles. The molecule has 1 saturated heterocycles. The molecule has 1 N–H and O–H groups in total. The summed E-state index contributed by atoms with van der Waals surface area (Å²) in [5.41, 5.74) is 1.17. The minimum atomic E-state index is -0.476. The number of H-pyrrole nitrogens is 1. The Morgan fingerprint density at radius 1 is 1.40 bits per heavy atom. The second-order valence-electron chi connectivity index (χ2n) is 5.61. The number of hydrogen-bond acceptors (Lipinski definition) is 6. The molecule has 1 aromatic carbocycles. The fourth-order valence-electron chi connectivity index (χ4n) is 2.94. The van der Waals surface area contributed by atoms with Crippen molar-refractivity contribution in [1.82, 2.24) is 9.97 Å². The summed E-state index contributed by atoms with van der Waals surface area (Å²) in [7, 11) is 1.59. The van der Waals surface area contributed by atoms with E-state index < -0.39 is 5.56 Å². The molecular formula is C17H17ClN4O2S. The van der Waals surface area contributed by atoms with Crippen molar-refractivity contribution in [2.75, 3.05) is 31.4 Å². The Labute approximate surface area is 154 Å². The molecule has 0 atom stereocenters. The smallest absolute Gasteiger partial charge is 0.270 e. The lowest BCUT2D eigenvalue weighted by molar-refractivity contribution is 0.415. The number of thioether (sulfide) groups is 1. The molecule has 0 spiro atoms. The Morgan fingerprint density at radius 3 is 2.72 bits per heavy atom. The molecule has 0 radical (unpaired) electrons. The molecule has 0 bridgehead atoms. The zero-order valence-corrected chi connectivity index (χ0v) is 15.5. The molecule has 1 fully saturated rings. The minimum Gasteiger partial charge on any atom is -0.495 e. The van der Waals surface area contributed by atoms with E-state index in [9.17, 15) is 10.1 Å². The minimum absolute atomic E-state index is 0.0596. The average molecular weight is 377 g/mol. The van der Waals surface area contributed by atoms with Crippen molar-refractivity contribution in [2.45, 2.75) is 18.0 Å². The number of anilines is 1. The molecule has 8 heteroatoms. The third-order valence-corrected chi connectivity index (χ3v) is 5.07. The first-order valence-electron chi connectivity index (χ1n) is 7.80. The molecule has 6 nitrogen and oxygen atoms in total. The van der Waals surface area contributed by atoms with Gasteiger partial charge in [-0.1, -0.05) is 23.4 Å². The van der Waals surface area contributed by atoms with Crippen molar-refractivity contribution in [2.24, 2.45) is 0 Å². The number of benzene rings is 1. The normalized spacial score (nSPS) is 13.8. The van der Waals surface area contributed by atoms with Gasteiger partial charge in [0.05, 0.1) is 23.5 Å². The highest BCUT2D eigenvalue weighted by Crippen LogP contribution is 2.40. The van der Waals surface area contributed by atoms with Gasteiger partial charge in [0.1, 0.15) is 17.4 Å². The Kier molecular flexibility index (Phi) is 5.21. The Hall–Kier alpha value is -2.17. The number of nitriles is 1. The van der Waals surface area contributed by atoms with Crippen LogP contribution in [0.25, 0.3) is 11.3 Å². The third kappa shape index (κ3) is 3.32. The Balaban J connectivity index is 2.20. The van der Waals surface area contributed by atoms with Crippen LogP contribution < -0.4 is 15.2 Å². The van der Waals surface area contributed by atoms with E-state index in [1.165, 1.54) is 11.8 Å². The number of nitrogens with one attached hydrogen (secondary N) is 1. The molecule has 2 aromatic rings. The fraction of sp³-hybridized carbons (Fsp3) is 0.353. The van der Waals surface area contributed by atoms with Gasteiger partial charge in [-0.3, -0.25) is 4.79 Å². The van der Waals surface area contributed by atoms with Crippen molar-refractivity contribution in [3.05, 3.63) is 33.1 Å². The number of aromatic nitrogens is 2. The van der Waals surface area contributed by atoms with E-state index in [0.717, 1.165) is 31.6 Å². The van der Waals surface area contributed by atoms with Crippen LogP contribution in [-0.4, -0.2) is 36.4 Å². The van der Waals surface area contributed by atoms with Crippen LogP contribution in [0.1, 0.15) is 18.4 Å². The van der Waals surface area contributed by atoms with E-state index in [1.54, 1.807) is 19.4 Å². The van der Waals surface area contributed by atoms with E-state index >= 15 is 0 Å². The Morgan fingerprint density at radius 2 is 2.12 bits per heavy atom. The van der Waals surface area contributed by atoms with Crippen LogP contribution in [-0.2, 0) is 0 Å². The highest BCUT2D eigenvalue weighted by Gasteiger charge is 2.22. The van der Waals surface area contributed by atoms with Gasteiger partial charge in [-0.25, -0.2) is 4.98 Å². The molecule has 0 amide bonds. The zero-order valence-electron chi connectivity index (χ0n) is 13.9. The number of halogens is 1. The molecule has 3 rings (SSSR count). The lowest BCUT2D eigenvalue weighted by atomic mass is 10.1. The summed E-state index contributed by atoms with van der Waals surface area (Å²) in [6.45, 7) is 1.91. The van der Waals surface area contributed by atoms with Gasteiger partial charge < -0.3 is 14.6 Å². The molecule has 0 unspecified atom stereocenters. The van der Waals surface area contributed by atoms with Crippen molar-refractivity contribution in [3.8, 4) is 23.1 Å². The van der Waals surface area contributed by atoms with Crippen LogP contribution in [0.15, 0.2) is 22.1 Å². The maximum Gasteiger partial charge on any atom is 0.270 e. The third-order valence-electron chi connectivity index (χ3n) is 4.17. The van der Waals surface area contributed by atoms with E-state index in [0.29, 0.717) is 21.5 Å². The number of methoxy groups -OCH3 is 1. The van der Waals surface area contributed by atoms with Gasteiger partial charge in [-0.05, 0) is 31.2 Å². The first kappa shape index (κ1) is 17.6. The highest BCUT2D eigenvalue weighted by molar-refractivity contribution is 7.98. The standard InChI is InChI=1S/C17H17ClN4O2S/c1-24-14-7-10(12(18)8-13(14)22-5-3-4-6-22)15-11(9-19)16(23)21-17(20-15)25-2/h7-8H,3-6H2,1-2H3,(H,20,21,23). The first-order valence-corrected chi connectivity index (χ1v) is 9.40. The predicted molar refractivity (Wildman–Crippen MR) is 99.8 cm³/mol. The first-order chi connectivity index (χ1) is 12.1. The Bertz CT molecular complexity index is 901. The van der Waals surface area contributed by atoms with E-state index in [-0.39, 0.29) is 11.3 Å². The van der Waals surface area contributed by atoms with Crippen LogP contribution in [0.2, 0.25) is 5.02 Å². The van der Waals surface area contributed by atoms with Crippen molar-refractivity contribution in [1.29, 1.82) is 5.26 Å². The van der Waals surface area contributed by atoms with Gasteiger partial charge in [0.25, 0.3) is 5.56 Å². The number of ether oxygens (including phenoxy) is 1. The van der Waals surface area contributed by atoms with E-state index in [1.807, 2.05) is 12.1 Å². The summed E-state index contributed by atoms with van der Waals surface area (Å²) in [4.78, 5) is 21.3. The molecule has 0 saturated carbocycles. The van der Waals surface area contributed by atoms with Gasteiger partial charge in [0, 0.05) is 18.7 Å². The molecule has 130 valence electrons. The predicted octanol–water partition coefficient (Wildman–Crippen LogP) is 3.29. The fourth-order valence-corrected chi connectivity index (χ4v) is 3.57. The number of hydrogen-bond donors (Lipinski definition) is 1. The van der Waals surface area contributed by atoms with Crippen molar-refractivity contribution < 1.29 is 4.74 Å². The van der Waals surface area contributed by atoms with Crippen LogP contribution in [0.3, 0.4) is 0 Å². The zero-order chi connectivity index (χ0) is 18.0. The van der Waals surface area contributed by atoms with Crippen LogP contribution in [0, 0.1) is 11.3 Å². The monoisotopic (exact) mass is 376 g/mol. The maximum absolute atomic E-state index is 12.2. The summed E-state index contributed by atoms with van der Waals surface area (Å²) >= 11 is 7.79. The van der Waals surface area contributed by atoms with Gasteiger partial charge in [-0.15, -0.1) is 0 Å². The number of nitrogens with zero attached hydrogens (tertiary/aromatic N) is 3. The topological polar surface area (TPSA) is 82.0 Å². The molecule has 2 heterocycles. The summed E-state index contributed by atoms with van der Waals surface area (Å²) in [5.74, 6) is 0.651. The van der Waals surface area contributed by atoms with Gasteiger partial charge in [0.15, 0.2) is 5.16 Å². The van der Waals surface area contributed by atoms with Gasteiger partial charge >= 0.3 is 0 Å².